The number of nitrogens with one attached hydrogen (secondary N) is 1. The Labute approximate surface area is 149 Å². The lowest BCUT2D eigenvalue weighted by Gasteiger charge is -2.37. The first-order valence-electron chi connectivity index (χ1n) is 8.34. The van der Waals surface area contributed by atoms with E-state index in [1.165, 1.54) is 0 Å². The Hall–Kier alpha value is -1.75. The molecule has 2 rings (SSSR count). The van der Waals surface area contributed by atoms with Crippen LogP contribution in [0.15, 0.2) is 24.3 Å². The van der Waals surface area contributed by atoms with Gasteiger partial charge < -0.3 is 15.1 Å². The van der Waals surface area contributed by atoms with Gasteiger partial charge in [0.1, 0.15) is 0 Å². The fourth-order valence-corrected chi connectivity index (χ4v) is 2.79. The van der Waals surface area contributed by atoms with Gasteiger partial charge in [0.15, 0.2) is 0 Å². The largest absolute Gasteiger partial charge is 0.339 e. The molecule has 5 nitrogen and oxygen atoms in total. The van der Waals surface area contributed by atoms with Gasteiger partial charge in [0.25, 0.3) is 0 Å². The molecule has 0 aromatic heterocycles. The Kier molecular flexibility index (Phi) is 6.10. The monoisotopic (exact) mass is 351 g/mol. The summed E-state index contributed by atoms with van der Waals surface area (Å²) in [6.07, 6.45) is 0.769. The van der Waals surface area contributed by atoms with Crippen molar-refractivity contribution in [1.82, 2.24) is 15.1 Å². The van der Waals surface area contributed by atoms with Crippen LogP contribution in [0.3, 0.4) is 0 Å². The van der Waals surface area contributed by atoms with Crippen molar-refractivity contribution in [3.63, 3.8) is 0 Å². The quantitative estimate of drug-likeness (QED) is 0.910. The van der Waals surface area contributed by atoms with Crippen molar-refractivity contribution < 1.29 is 9.59 Å². The van der Waals surface area contributed by atoms with Crippen LogP contribution in [-0.4, -0.2) is 54.5 Å². The van der Waals surface area contributed by atoms with Gasteiger partial charge >= 0.3 is 6.03 Å². The van der Waals surface area contributed by atoms with Crippen LogP contribution in [-0.2, 0) is 11.2 Å². The molecule has 0 spiro atoms. The van der Waals surface area contributed by atoms with E-state index in [-0.39, 0.29) is 17.4 Å². The van der Waals surface area contributed by atoms with Gasteiger partial charge in [-0.1, -0.05) is 44.5 Å². The maximum absolute atomic E-state index is 12.2. The average molecular weight is 352 g/mol. The van der Waals surface area contributed by atoms with Crippen LogP contribution in [0.4, 0.5) is 4.79 Å². The van der Waals surface area contributed by atoms with E-state index < -0.39 is 0 Å². The van der Waals surface area contributed by atoms with Gasteiger partial charge in [-0.05, 0) is 24.1 Å². The molecule has 6 heteroatoms. The Morgan fingerprint density at radius 2 is 1.58 bits per heavy atom. The number of nitrogens with zero attached hydrogens (tertiary/aromatic N) is 2. The fraction of sp³-hybridized carbons (Fsp3) is 0.556. The van der Waals surface area contributed by atoms with Gasteiger partial charge in [0.05, 0.1) is 0 Å². The lowest BCUT2D eigenvalue weighted by molar-refractivity contribution is -0.140. The summed E-state index contributed by atoms with van der Waals surface area (Å²) >= 11 is 5.86. The smallest absolute Gasteiger partial charge is 0.317 e. The van der Waals surface area contributed by atoms with Crippen LogP contribution in [0.25, 0.3) is 0 Å². The number of halogens is 1. The van der Waals surface area contributed by atoms with Gasteiger partial charge in [0, 0.05) is 43.2 Å². The van der Waals surface area contributed by atoms with Crippen molar-refractivity contribution >= 4 is 23.5 Å². The first kappa shape index (κ1) is 18.6. The summed E-state index contributed by atoms with van der Waals surface area (Å²) in [5.74, 6) is 0.144. The van der Waals surface area contributed by atoms with Gasteiger partial charge in [-0.3, -0.25) is 4.79 Å². The average Bonchev–Trinajstić information content (AvgIpc) is 2.55. The number of rotatable bonds is 3. The van der Waals surface area contributed by atoms with Crippen LogP contribution < -0.4 is 5.32 Å². The SMILES string of the molecule is CC(C)(C)C(=O)N1CCN(C(=O)NCCc2ccc(Cl)cc2)CC1. The summed E-state index contributed by atoms with van der Waals surface area (Å²) in [6.45, 7) is 8.70. The molecule has 132 valence electrons. The fourth-order valence-electron chi connectivity index (χ4n) is 2.66. The first-order valence-corrected chi connectivity index (χ1v) is 8.72. The number of hydrogen-bond donors (Lipinski definition) is 1. The lowest BCUT2D eigenvalue weighted by Crippen LogP contribution is -2.55. The molecule has 0 aliphatic carbocycles. The summed E-state index contributed by atoms with van der Waals surface area (Å²) in [7, 11) is 0. The van der Waals surface area contributed by atoms with Crippen LogP contribution in [0, 0.1) is 5.41 Å². The van der Waals surface area contributed by atoms with Crippen molar-refractivity contribution in [3.05, 3.63) is 34.9 Å². The molecule has 1 N–H and O–H groups in total. The Balaban J connectivity index is 1.73. The Morgan fingerprint density at radius 1 is 1.04 bits per heavy atom. The highest BCUT2D eigenvalue weighted by Gasteiger charge is 2.30. The molecule has 1 heterocycles. The third kappa shape index (κ3) is 5.13. The molecule has 1 saturated heterocycles. The Morgan fingerprint density at radius 3 is 2.12 bits per heavy atom. The highest BCUT2D eigenvalue weighted by Crippen LogP contribution is 2.18. The van der Waals surface area contributed by atoms with E-state index >= 15 is 0 Å². The summed E-state index contributed by atoms with van der Waals surface area (Å²) < 4.78 is 0. The third-order valence-corrected chi connectivity index (χ3v) is 4.35. The van der Waals surface area contributed by atoms with Gasteiger partial charge in [-0.2, -0.15) is 0 Å². The molecule has 0 saturated carbocycles. The highest BCUT2D eigenvalue weighted by atomic mass is 35.5. The molecule has 0 unspecified atom stereocenters. The van der Waals surface area contributed by atoms with E-state index in [0.717, 1.165) is 12.0 Å². The number of benzene rings is 1. The molecular formula is C18H26ClN3O2. The lowest BCUT2D eigenvalue weighted by atomic mass is 9.94. The third-order valence-electron chi connectivity index (χ3n) is 4.10. The van der Waals surface area contributed by atoms with Crippen LogP contribution >= 0.6 is 11.6 Å². The van der Waals surface area contributed by atoms with Crippen molar-refractivity contribution in [2.75, 3.05) is 32.7 Å². The number of hydrogen-bond acceptors (Lipinski definition) is 2. The number of carbonyl (C=O) groups excluding carboxylic acids is 2. The molecular weight excluding hydrogens is 326 g/mol. The zero-order valence-corrected chi connectivity index (χ0v) is 15.4. The minimum Gasteiger partial charge on any atom is -0.339 e. The summed E-state index contributed by atoms with van der Waals surface area (Å²) in [4.78, 5) is 28.1. The number of piperazine rings is 1. The van der Waals surface area contributed by atoms with Gasteiger partial charge in [-0.25, -0.2) is 4.79 Å². The van der Waals surface area contributed by atoms with Gasteiger partial charge in [0.2, 0.25) is 5.91 Å². The predicted molar refractivity (Wildman–Crippen MR) is 96.2 cm³/mol. The second kappa shape index (κ2) is 7.88. The summed E-state index contributed by atoms with van der Waals surface area (Å²) in [5.41, 5.74) is 0.767. The van der Waals surface area contributed by atoms with Gasteiger partial charge in [-0.15, -0.1) is 0 Å². The molecule has 0 atom stereocenters. The van der Waals surface area contributed by atoms with Crippen molar-refractivity contribution in [2.24, 2.45) is 5.41 Å². The van der Waals surface area contributed by atoms with E-state index in [1.54, 1.807) is 4.90 Å². The van der Waals surface area contributed by atoms with Crippen molar-refractivity contribution in [2.45, 2.75) is 27.2 Å². The minimum atomic E-state index is -0.372. The molecule has 24 heavy (non-hydrogen) atoms. The molecule has 0 radical (unpaired) electrons. The van der Waals surface area contributed by atoms with Crippen LogP contribution in [0.1, 0.15) is 26.3 Å². The summed E-state index contributed by atoms with van der Waals surface area (Å²) in [6, 6.07) is 7.57. The highest BCUT2D eigenvalue weighted by molar-refractivity contribution is 6.30. The van der Waals surface area contributed by atoms with E-state index in [1.807, 2.05) is 49.9 Å². The minimum absolute atomic E-state index is 0.0631. The maximum atomic E-state index is 12.2. The maximum Gasteiger partial charge on any atom is 0.317 e. The van der Waals surface area contributed by atoms with Crippen molar-refractivity contribution in [3.8, 4) is 0 Å². The zero-order chi connectivity index (χ0) is 17.7. The van der Waals surface area contributed by atoms with E-state index in [9.17, 15) is 9.59 Å². The van der Waals surface area contributed by atoms with E-state index in [4.69, 9.17) is 11.6 Å². The second-order valence-corrected chi connectivity index (χ2v) is 7.57. The van der Waals surface area contributed by atoms with Crippen LogP contribution in [0.2, 0.25) is 5.02 Å². The molecule has 3 amide bonds. The standard InChI is InChI=1S/C18H26ClN3O2/c1-18(2,3)16(23)21-10-12-22(13-11-21)17(24)20-9-8-14-4-6-15(19)7-5-14/h4-7H,8-13H2,1-3H3,(H,20,24). The van der Waals surface area contributed by atoms with E-state index in [2.05, 4.69) is 5.32 Å². The molecule has 0 bridgehead atoms. The first-order chi connectivity index (χ1) is 11.3. The molecule has 1 fully saturated rings. The molecule has 1 aliphatic heterocycles. The second-order valence-electron chi connectivity index (χ2n) is 7.14. The molecule has 1 aromatic rings. The van der Waals surface area contributed by atoms with Crippen LogP contribution in [0.5, 0.6) is 0 Å². The normalized spacial score (nSPS) is 15.3. The topological polar surface area (TPSA) is 52.7 Å². The number of amides is 3. The molecule has 1 aromatic carbocycles. The summed E-state index contributed by atoms with van der Waals surface area (Å²) in [5, 5.41) is 3.65. The zero-order valence-electron chi connectivity index (χ0n) is 14.6. The molecule has 1 aliphatic rings. The van der Waals surface area contributed by atoms with Crippen molar-refractivity contribution in [1.29, 1.82) is 0 Å². The van der Waals surface area contributed by atoms with E-state index in [0.29, 0.717) is 37.7 Å². The number of urea groups is 1. The number of carbonyl (C=O) groups is 2. The Bertz CT molecular complexity index is 573. The predicted octanol–water partition coefficient (Wildman–Crippen LogP) is 2.78.